The van der Waals surface area contributed by atoms with E-state index >= 15 is 0 Å². The molecule has 136 valence electrons. The smallest absolute Gasteiger partial charge is 0.273 e. The Morgan fingerprint density at radius 1 is 1.15 bits per heavy atom. The van der Waals surface area contributed by atoms with Gasteiger partial charge in [-0.3, -0.25) is 24.8 Å². The predicted octanol–water partition coefficient (Wildman–Crippen LogP) is 2.29. The Labute approximate surface area is 151 Å². The second-order valence-corrected chi connectivity index (χ2v) is 7.00. The maximum atomic E-state index is 12.0. The Morgan fingerprint density at radius 2 is 1.92 bits per heavy atom. The Balaban J connectivity index is 1.64. The number of likely N-dealkylation sites (tertiary alicyclic amines) is 1. The molecular formula is C19H24N6O. The lowest BCUT2D eigenvalue weighted by atomic mass is 10.0. The van der Waals surface area contributed by atoms with Crippen molar-refractivity contribution in [3.63, 3.8) is 0 Å². The molecule has 4 heterocycles. The Bertz CT molecular complexity index is 961. The summed E-state index contributed by atoms with van der Waals surface area (Å²) >= 11 is 0. The van der Waals surface area contributed by atoms with Crippen molar-refractivity contribution in [3.05, 3.63) is 57.2 Å². The van der Waals surface area contributed by atoms with Crippen LogP contribution in [0.5, 0.6) is 0 Å². The van der Waals surface area contributed by atoms with Gasteiger partial charge < -0.3 is 10.1 Å². The molecule has 7 heteroatoms. The SMILES string of the molecule is Cc1[nH]c(Cc2nccnc2-c2c[nH][nH]c2=O)c(C)c1CN1CCCC1. The Kier molecular flexibility index (Phi) is 4.46. The zero-order chi connectivity index (χ0) is 18.1. The van der Waals surface area contributed by atoms with Gasteiger partial charge in [-0.2, -0.15) is 0 Å². The van der Waals surface area contributed by atoms with Gasteiger partial charge in [0.25, 0.3) is 5.56 Å². The number of H-pyrrole nitrogens is 3. The van der Waals surface area contributed by atoms with E-state index in [0.717, 1.165) is 17.9 Å². The molecule has 26 heavy (non-hydrogen) atoms. The van der Waals surface area contributed by atoms with Crippen LogP contribution < -0.4 is 5.56 Å². The first kappa shape index (κ1) is 16.8. The minimum Gasteiger partial charge on any atom is -0.362 e. The number of hydrogen-bond donors (Lipinski definition) is 3. The lowest BCUT2D eigenvalue weighted by Gasteiger charge is -2.15. The number of aromatic amines is 3. The quantitative estimate of drug-likeness (QED) is 0.657. The molecule has 4 rings (SSSR count). The number of nitrogens with zero attached hydrogens (tertiary/aromatic N) is 3. The zero-order valence-electron chi connectivity index (χ0n) is 15.2. The first-order valence-corrected chi connectivity index (χ1v) is 9.09. The van der Waals surface area contributed by atoms with Gasteiger partial charge in [0.1, 0.15) is 0 Å². The van der Waals surface area contributed by atoms with Crippen LogP contribution in [0.2, 0.25) is 0 Å². The molecule has 1 aliphatic heterocycles. The molecule has 3 aromatic heterocycles. The van der Waals surface area contributed by atoms with Gasteiger partial charge in [0.2, 0.25) is 0 Å². The summed E-state index contributed by atoms with van der Waals surface area (Å²) in [6, 6.07) is 0. The highest BCUT2D eigenvalue weighted by Crippen LogP contribution is 2.25. The largest absolute Gasteiger partial charge is 0.362 e. The monoisotopic (exact) mass is 352 g/mol. The molecule has 1 fully saturated rings. The summed E-state index contributed by atoms with van der Waals surface area (Å²) in [7, 11) is 0. The van der Waals surface area contributed by atoms with Gasteiger partial charge in [-0.1, -0.05) is 0 Å². The van der Waals surface area contributed by atoms with Gasteiger partial charge in [-0.15, -0.1) is 0 Å². The summed E-state index contributed by atoms with van der Waals surface area (Å²) in [5, 5.41) is 5.30. The Hall–Kier alpha value is -2.67. The van der Waals surface area contributed by atoms with Crippen LogP contribution in [0.3, 0.4) is 0 Å². The molecular weight excluding hydrogens is 328 g/mol. The van der Waals surface area contributed by atoms with Crippen LogP contribution in [0.15, 0.2) is 23.4 Å². The lowest BCUT2D eigenvalue weighted by molar-refractivity contribution is 0.330. The van der Waals surface area contributed by atoms with Gasteiger partial charge in [-0.25, -0.2) is 0 Å². The molecule has 0 radical (unpaired) electrons. The third kappa shape index (κ3) is 3.10. The highest BCUT2D eigenvalue weighted by Gasteiger charge is 2.19. The van der Waals surface area contributed by atoms with Gasteiger partial charge in [-0.05, 0) is 50.9 Å². The second-order valence-electron chi connectivity index (χ2n) is 7.00. The third-order valence-corrected chi connectivity index (χ3v) is 5.30. The van der Waals surface area contributed by atoms with Crippen LogP contribution in [-0.4, -0.2) is 43.1 Å². The first-order chi connectivity index (χ1) is 12.6. The van der Waals surface area contributed by atoms with Gasteiger partial charge in [0.05, 0.1) is 17.0 Å². The van der Waals surface area contributed by atoms with Crippen molar-refractivity contribution < 1.29 is 0 Å². The molecule has 0 spiro atoms. The number of nitrogens with one attached hydrogen (secondary N) is 3. The summed E-state index contributed by atoms with van der Waals surface area (Å²) in [5.41, 5.74) is 6.80. The molecule has 0 unspecified atom stereocenters. The van der Waals surface area contributed by atoms with Crippen molar-refractivity contribution in [3.8, 4) is 11.3 Å². The molecule has 0 aliphatic carbocycles. The van der Waals surface area contributed by atoms with Crippen LogP contribution in [0.4, 0.5) is 0 Å². The van der Waals surface area contributed by atoms with Crippen LogP contribution in [0.1, 0.15) is 41.1 Å². The molecule has 1 aliphatic rings. The number of aromatic nitrogens is 5. The van der Waals surface area contributed by atoms with E-state index in [-0.39, 0.29) is 5.56 Å². The van der Waals surface area contributed by atoms with Gasteiger partial charge >= 0.3 is 0 Å². The summed E-state index contributed by atoms with van der Waals surface area (Å²) in [6.45, 7) is 7.67. The number of rotatable bonds is 5. The maximum Gasteiger partial charge on any atom is 0.273 e. The van der Waals surface area contributed by atoms with E-state index in [0.29, 0.717) is 17.7 Å². The minimum atomic E-state index is -0.180. The van der Waals surface area contributed by atoms with Crippen molar-refractivity contribution in [1.82, 2.24) is 30.0 Å². The second kappa shape index (κ2) is 6.92. The average molecular weight is 352 g/mol. The fourth-order valence-electron chi connectivity index (χ4n) is 3.81. The standard InChI is InChI=1S/C19H24N6O/c1-12-15(11-25-7-3-4-8-25)13(2)23-16(12)9-17-18(21-6-5-20-17)14-10-22-24-19(14)26/h5-6,10,23H,3-4,7-9,11H2,1-2H3,(H2,22,24,26). The molecule has 1 saturated heterocycles. The van der Waals surface area contributed by atoms with Crippen LogP contribution in [0.25, 0.3) is 11.3 Å². The van der Waals surface area contributed by atoms with Crippen molar-refractivity contribution in [2.45, 2.75) is 39.7 Å². The van der Waals surface area contributed by atoms with Crippen LogP contribution in [0, 0.1) is 13.8 Å². The van der Waals surface area contributed by atoms with Gasteiger partial charge in [0.15, 0.2) is 0 Å². The summed E-state index contributed by atoms with van der Waals surface area (Å²) in [5.74, 6) is 0. The molecule has 7 nitrogen and oxygen atoms in total. The fourth-order valence-corrected chi connectivity index (χ4v) is 3.81. The van der Waals surface area contributed by atoms with Crippen LogP contribution in [-0.2, 0) is 13.0 Å². The minimum absolute atomic E-state index is 0.180. The molecule has 3 aromatic rings. The van der Waals surface area contributed by atoms with Crippen molar-refractivity contribution in [2.75, 3.05) is 13.1 Å². The number of hydrogen-bond acceptors (Lipinski definition) is 4. The molecule has 0 bridgehead atoms. The van der Waals surface area contributed by atoms with E-state index in [4.69, 9.17) is 0 Å². The van der Waals surface area contributed by atoms with Crippen molar-refractivity contribution in [2.24, 2.45) is 0 Å². The first-order valence-electron chi connectivity index (χ1n) is 9.09. The fraction of sp³-hybridized carbons (Fsp3) is 0.421. The van der Waals surface area contributed by atoms with Gasteiger partial charge in [0, 0.05) is 42.9 Å². The van der Waals surface area contributed by atoms with E-state index in [9.17, 15) is 4.79 Å². The number of aryl methyl sites for hydroxylation is 1. The highest BCUT2D eigenvalue weighted by molar-refractivity contribution is 5.60. The topological polar surface area (TPSA) is 93.5 Å². The molecule has 0 aromatic carbocycles. The summed E-state index contributed by atoms with van der Waals surface area (Å²) < 4.78 is 0. The van der Waals surface area contributed by atoms with Crippen molar-refractivity contribution in [1.29, 1.82) is 0 Å². The summed E-state index contributed by atoms with van der Waals surface area (Å²) in [4.78, 5) is 26.9. The average Bonchev–Trinajstić information content (AvgIpc) is 3.35. The zero-order valence-corrected chi connectivity index (χ0v) is 15.2. The predicted molar refractivity (Wildman–Crippen MR) is 100 cm³/mol. The highest BCUT2D eigenvalue weighted by atomic mass is 16.1. The molecule has 0 amide bonds. The maximum absolute atomic E-state index is 12.0. The van der Waals surface area contributed by atoms with Crippen LogP contribution >= 0.6 is 0 Å². The van der Waals surface area contributed by atoms with E-state index in [1.54, 1.807) is 18.6 Å². The molecule has 3 N–H and O–H groups in total. The third-order valence-electron chi connectivity index (χ3n) is 5.30. The molecule has 0 saturated carbocycles. The van der Waals surface area contributed by atoms with E-state index in [2.05, 4.69) is 43.9 Å². The Morgan fingerprint density at radius 3 is 2.65 bits per heavy atom. The molecule has 0 atom stereocenters. The van der Waals surface area contributed by atoms with Crippen molar-refractivity contribution >= 4 is 0 Å². The van der Waals surface area contributed by atoms with E-state index in [1.165, 1.54) is 42.8 Å². The van der Waals surface area contributed by atoms with E-state index in [1.807, 2.05) is 0 Å². The van der Waals surface area contributed by atoms with E-state index < -0.39 is 0 Å². The normalized spacial score (nSPS) is 15.0. The summed E-state index contributed by atoms with van der Waals surface area (Å²) in [6.07, 6.45) is 8.15. The lowest BCUT2D eigenvalue weighted by Crippen LogP contribution is -2.19.